The number of ether oxygens (including phenoxy) is 3. The van der Waals surface area contributed by atoms with Crippen molar-refractivity contribution in [1.29, 1.82) is 0 Å². The predicted octanol–water partition coefficient (Wildman–Crippen LogP) is 1.54. The smallest absolute Gasteiger partial charge is 0.213 e. The summed E-state index contributed by atoms with van der Waals surface area (Å²) < 4.78 is 16.1. The molecule has 140 valence electrons. The van der Waals surface area contributed by atoms with E-state index in [9.17, 15) is 0 Å². The van der Waals surface area contributed by atoms with Crippen molar-refractivity contribution in [3.8, 4) is 5.88 Å². The Morgan fingerprint density at radius 2 is 2.16 bits per heavy atom. The minimum atomic E-state index is 0.501. The standard InChI is InChI=1S/C18H30N4O3/c1-19-18(22(2)8-9-24-14-15-4-5-15)21-13-16-6-7-17(20-12-16)25-11-10-23-3/h6-7,12,15H,4-5,8-11,13-14H2,1-3H3,(H,19,21). The lowest BCUT2D eigenvalue weighted by Gasteiger charge is -2.22. The highest BCUT2D eigenvalue weighted by molar-refractivity contribution is 5.79. The summed E-state index contributed by atoms with van der Waals surface area (Å²) in [6.45, 7) is 4.15. The van der Waals surface area contributed by atoms with Gasteiger partial charge in [-0.05, 0) is 24.3 Å². The molecule has 0 amide bonds. The van der Waals surface area contributed by atoms with E-state index in [4.69, 9.17) is 14.2 Å². The second kappa shape index (κ2) is 10.9. The van der Waals surface area contributed by atoms with Crippen LogP contribution in [0.25, 0.3) is 0 Å². The number of guanidine groups is 1. The van der Waals surface area contributed by atoms with E-state index in [1.807, 2.05) is 19.2 Å². The van der Waals surface area contributed by atoms with Gasteiger partial charge in [-0.15, -0.1) is 0 Å². The lowest BCUT2D eigenvalue weighted by atomic mass is 10.3. The van der Waals surface area contributed by atoms with E-state index in [0.717, 1.165) is 37.2 Å². The van der Waals surface area contributed by atoms with Gasteiger partial charge in [0.15, 0.2) is 5.96 Å². The second-order valence-corrected chi connectivity index (χ2v) is 6.19. The number of likely N-dealkylation sites (N-methyl/N-ethyl adjacent to an activating group) is 1. The number of methoxy groups -OCH3 is 1. The number of aliphatic imine (C=N–C) groups is 1. The minimum Gasteiger partial charge on any atom is -0.475 e. The van der Waals surface area contributed by atoms with Gasteiger partial charge in [-0.2, -0.15) is 0 Å². The first-order chi connectivity index (χ1) is 12.2. The van der Waals surface area contributed by atoms with Crippen LogP contribution >= 0.6 is 0 Å². The topological polar surface area (TPSA) is 68.2 Å². The zero-order chi connectivity index (χ0) is 17.9. The Labute approximate surface area is 150 Å². The van der Waals surface area contributed by atoms with E-state index in [-0.39, 0.29) is 0 Å². The van der Waals surface area contributed by atoms with Crippen molar-refractivity contribution in [2.45, 2.75) is 19.4 Å². The number of hydrogen-bond acceptors (Lipinski definition) is 5. The lowest BCUT2D eigenvalue weighted by Crippen LogP contribution is -2.40. The summed E-state index contributed by atoms with van der Waals surface area (Å²) in [4.78, 5) is 10.7. The molecule has 1 N–H and O–H groups in total. The van der Waals surface area contributed by atoms with E-state index < -0.39 is 0 Å². The van der Waals surface area contributed by atoms with E-state index in [0.29, 0.717) is 25.6 Å². The maximum atomic E-state index is 5.68. The van der Waals surface area contributed by atoms with Gasteiger partial charge in [0.25, 0.3) is 0 Å². The molecule has 0 spiro atoms. The Morgan fingerprint density at radius 1 is 1.32 bits per heavy atom. The maximum absolute atomic E-state index is 5.68. The quantitative estimate of drug-likeness (QED) is 0.371. The molecule has 25 heavy (non-hydrogen) atoms. The van der Waals surface area contributed by atoms with Crippen LogP contribution in [0.5, 0.6) is 5.88 Å². The molecule has 0 bridgehead atoms. The van der Waals surface area contributed by atoms with E-state index in [2.05, 4.69) is 20.2 Å². The third-order valence-electron chi connectivity index (χ3n) is 3.98. The molecule has 0 aromatic carbocycles. The molecule has 2 rings (SSSR count). The summed E-state index contributed by atoms with van der Waals surface area (Å²) in [6, 6.07) is 3.86. The van der Waals surface area contributed by atoms with Crippen molar-refractivity contribution in [3.05, 3.63) is 23.9 Å². The highest BCUT2D eigenvalue weighted by Gasteiger charge is 2.21. The van der Waals surface area contributed by atoms with E-state index in [1.54, 1.807) is 20.4 Å². The third-order valence-corrected chi connectivity index (χ3v) is 3.98. The number of pyridine rings is 1. The Balaban J connectivity index is 1.67. The van der Waals surface area contributed by atoms with Crippen molar-refractivity contribution < 1.29 is 14.2 Å². The van der Waals surface area contributed by atoms with Crippen LogP contribution in [-0.4, -0.2) is 70.0 Å². The Hall–Kier alpha value is -1.86. The molecule has 0 aliphatic heterocycles. The SMILES string of the molecule is CN=C(NCc1ccc(OCCOC)nc1)N(C)CCOCC1CC1. The lowest BCUT2D eigenvalue weighted by molar-refractivity contribution is 0.115. The van der Waals surface area contributed by atoms with Gasteiger partial charge in [-0.1, -0.05) is 6.07 Å². The fraction of sp³-hybridized carbons (Fsp3) is 0.667. The van der Waals surface area contributed by atoms with Gasteiger partial charge < -0.3 is 24.4 Å². The average molecular weight is 350 g/mol. The fourth-order valence-electron chi connectivity index (χ4n) is 2.24. The zero-order valence-corrected chi connectivity index (χ0v) is 15.5. The van der Waals surface area contributed by atoms with Crippen LogP contribution in [0.3, 0.4) is 0 Å². The highest BCUT2D eigenvalue weighted by Crippen LogP contribution is 2.28. The van der Waals surface area contributed by atoms with Gasteiger partial charge in [-0.25, -0.2) is 4.98 Å². The van der Waals surface area contributed by atoms with Crippen LogP contribution in [0.4, 0.5) is 0 Å². The van der Waals surface area contributed by atoms with Crippen LogP contribution < -0.4 is 10.1 Å². The normalized spacial score (nSPS) is 14.4. The van der Waals surface area contributed by atoms with E-state index in [1.165, 1.54) is 12.8 Å². The zero-order valence-electron chi connectivity index (χ0n) is 15.5. The van der Waals surface area contributed by atoms with Crippen molar-refractivity contribution in [3.63, 3.8) is 0 Å². The minimum absolute atomic E-state index is 0.501. The number of rotatable bonds is 11. The van der Waals surface area contributed by atoms with Gasteiger partial charge in [0.2, 0.25) is 5.88 Å². The summed E-state index contributed by atoms with van der Waals surface area (Å²) in [5.74, 6) is 2.25. The molecule has 0 radical (unpaired) electrons. The molecule has 1 saturated carbocycles. The van der Waals surface area contributed by atoms with Crippen molar-refractivity contribution in [2.24, 2.45) is 10.9 Å². The average Bonchev–Trinajstić information content (AvgIpc) is 3.45. The first kappa shape index (κ1) is 19.5. The van der Waals surface area contributed by atoms with Gasteiger partial charge >= 0.3 is 0 Å². The van der Waals surface area contributed by atoms with Gasteiger partial charge in [0, 0.05) is 53.2 Å². The molecule has 1 aromatic rings. The van der Waals surface area contributed by atoms with Crippen LogP contribution in [0.1, 0.15) is 18.4 Å². The molecule has 1 heterocycles. The summed E-state index contributed by atoms with van der Waals surface area (Å²) in [5, 5.41) is 3.34. The predicted molar refractivity (Wildman–Crippen MR) is 98.0 cm³/mol. The first-order valence-corrected chi connectivity index (χ1v) is 8.79. The molecule has 1 aromatic heterocycles. The van der Waals surface area contributed by atoms with Gasteiger partial charge in [-0.3, -0.25) is 4.99 Å². The Kier molecular flexibility index (Phi) is 8.48. The molecule has 1 aliphatic rings. The molecular formula is C18H30N4O3. The molecule has 1 aliphatic carbocycles. The molecule has 7 nitrogen and oxygen atoms in total. The van der Waals surface area contributed by atoms with Crippen molar-refractivity contribution in [1.82, 2.24) is 15.2 Å². The third kappa shape index (κ3) is 7.70. The fourth-order valence-corrected chi connectivity index (χ4v) is 2.24. The van der Waals surface area contributed by atoms with Gasteiger partial charge in [0.1, 0.15) is 6.61 Å². The molecule has 1 fully saturated rings. The molecular weight excluding hydrogens is 320 g/mol. The second-order valence-electron chi connectivity index (χ2n) is 6.19. The number of hydrogen-bond donors (Lipinski definition) is 1. The summed E-state index contributed by atoms with van der Waals surface area (Å²) in [6.07, 6.45) is 4.45. The molecule has 0 saturated heterocycles. The monoisotopic (exact) mass is 350 g/mol. The number of nitrogens with zero attached hydrogens (tertiary/aromatic N) is 3. The van der Waals surface area contributed by atoms with Crippen LogP contribution in [0.2, 0.25) is 0 Å². The number of nitrogens with one attached hydrogen (secondary N) is 1. The number of aromatic nitrogens is 1. The first-order valence-electron chi connectivity index (χ1n) is 8.79. The Morgan fingerprint density at radius 3 is 2.80 bits per heavy atom. The maximum Gasteiger partial charge on any atom is 0.213 e. The largest absolute Gasteiger partial charge is 0.475 e. The summed E-state index contributed by atoms with van der Waals surface area (Å²) in [5.41, 5.74) is 1.07. The Bertz CT molecular complexity index is 518. The molecule has 7 heteroatoms. The summed E-state index contributed by atoms with van der Waals surface area (Å²) >= 11 is 0. The van der Waals surface area contributed by atoms with Crippen LogP contribution in [0, 0.1) is 5.92 Å². The molecule has 0 unspecified atom stereocenters. The van der Waals surface area contributed by atoms with Gasteiger partial charge in [0.05, 0.1) is 13.2 Å². The molecule has 0 atom stereocenters. The van der Waals surface area contributed by atoms with Crippen molar-refractivity contribution >= 4 is 5.96 Å². The summed E-state index contributed by atoms with van der Waals surface area (Å²) in [7, 11) is 5.45. The van der Waals surface area contributed by atoms with Crippen LogP contribution in [-0.2, 0) is 16.0 Å². The van der Waals surface area contributed by atoms with Crippen LogP contribution in [0.15, 0.2) is 23.3 Å². The van der Waals surface area contributed by atoms with Crippen molar-refractivity contribution in [2.75, 3.05) is 54.2 Å². The van der Waals surface area contributed by atoms with E-state index >= 15 is 0 Å². The highest BCUT2D eigenvalue weighted by atomic mass is 16.5.